The van der Waals surface area contributed by atoms with Crippen LogP contribution in [0.2, 0.25) is 0 Å². The number of thiophene rings is 1. The Morgan fingerprint density at radius 1 is 0.886 bits per heavy atom. The van der Waals surface area contributed by atoms with Gasteiger partial charge in [-0.2, -0.15) is 0 Å². The van der Waals surface area contributed by atoms with Crippen LogP contribution >= 0.6 is 11.3 Å². The third-order valence-corrected chi connectivity index (χ3v) is 7.04. The summed E-state index contributed by atoms with van der Waals surface area (Å²) >= 11 is 1.55. The molecule has 35 heavy (non-hydrogen) atoms. The standard InChI is InChI=1S/C26H28N2O6S/c1-30-16-9-10-18(20(12-16)32-3)28-25(29)24-17-7-6-8-23(17)35-26(24)27-14-15-11-21(33-4)22(34-5)13-19(15)31-2/h9-14H,6-8H2,1-5H3,(H,28,29)/b27-14+. The third kappa shape index (κ3) is 4.90. The zero-order chi connectivity index (χ0) is 24.9. The maximum atomic E-state index is 13.5. The molecule has 1 heterocycles. The van der Waals surface area contributed by atoms with Gasteiger partial charge >= 0.3 is 0 Å². The van der Waals surface area contributed by atoms with Gasteiger partial charge in [-0.3, -0.25) is 4.79 Å². The molecule has 1 aliphatic rings. The lowest BCUT2D eigenvalue weighted by Gasteiger charge is -2.12. The van der Waals surface area contributed by atoms with E-state index in [9.17, 15) is 4.79 Å². The van der Waals surface area contributed by atoms with Gasteiger partial charge in [-0.05, 0) is 43.0 Å². The van der Waals surface area contributed by atoms with Crippen LogP contribution < -0.4 is 29.0 Å². The number of methoxy groups -OCH3 is 5. The first-order valence-corrected chi connectivity index (χ1v) is 11.9. The number of nitrogens with zero attached hydrogens (tertiary/aromatic N) is 1. The topological polar surface area (TPSA) is 87.6 Å². The van der Waals surface area contributed by atoms with E-state index in [0.29, 0.717) is 50.6 Å². The molecule has 0 aliphatic heterocycles. The Labute approximate surface area is 208 Å². The van der Waals surface area contributed by atoms with Gasteiger partial charge in [0.25, 0.3) is 5.91 Å². The molecule has 0 fully saturated rings. The van der Waals surface area contributed by atoms with Crippen LogP contribution in [0.4, 0.5) is 10.7 Å². The van der Waals surface area contributed by atoms with Crippen molar-refractivity contribution in [2.24, 2.45) is 4.99 Å². The average molecular weight is 497 g/mol. The van der Waals surface area contributed by atoms with Gasteiger partial charge in [-0.25, -0.2) is 4.99 Å². The first kappa shape index (κ1) is 24.4. The van der Waals surface area contributed by atoms with Crippen molar-refractivity contribution in [1.29, 1.82) is 0 Å². The van der Waals surface area contributed by atoms with Crippen molar-refractivity contribution in [2.75, 3.05) is 40.9 Å². The highest BCUT2D eigenvalue weighted by Crippen LogP contribution is 2.42. The Morgan fingerprint density at radius 2 is 1.60 bits per heavy atom. The minimum absolute atomic E-state index is 0.223. The predicted molar refractivity (Wildman–Crippen MR) is 137 cm³/mol. The monoisotopic (exact) mass is 496 g/mol. The minimum atomic E-state index is -0.223. The Balaban J connectivity index is 1.69. The molecule has 1 amide bonds. The zero-order valence-electron chi connectivity index (χ0n) is 20.4. The first-order chi connectivity index (χ1) is 17.0. The van der Waals surface area contributed by atoms with Crippen LogP contribution in [-0.4, -0.2) is 47.7 Å². The Hall–Kier alpha value is -3.72. The maximum Gasteiger partial charge on any atom is 0.259 e. The van der Waals surface area contributed by atoms with Gasteiger partial charge in [0, 0.05) is 28.8 Å². The largest absolute Gasteiger partial charge is 0.497 e. The number of hydrogen-bond acceptors (Lipinski definition) is 8. The van der Waals surface area contributed by atoms with Gasteiger partial charge in [0.1, 0.15) is 22.2 Å². The number of aliphatic imine (C=N–C) groups is 1. The van der Waals surface area contributed by atoms with E-state index in [0.717, 1.165) is 24.8 Å². The average Bonchev–Trinajstić information content (AvgIpc) is 3.48. The maximum absolute atomic E-state index is 13.5. The number of carbonyl (C=O) groups excluding carboxylic acids is 1. The van der Waals surface area contributed by atoms with Gasteiger partial charge in [-0.1, -0.05) is 0 Å². The summed E-state index contributed by atoms with van der Waals surface area (Å²) in [4.78, 5) is 19.4. The van der Waals surface area contributed by atoms with Crippen molar-refractivity contribution in [2.45, 2.75) is 19.3 Å². The lowest BCUT2D eigenvalue weighted by Crippen LogP contribution is -2.14. The van der Waals surface area contributed by atoms with Gasteiger partial charge in [-0.15, -0.1) is 11.3 Å². The van der Waals surface area contributed by atoms with Crippen LogP contribution in [0, 0.1) is 0 Å². The number of benzene rings is 2. The summed E-state index contributed by atoms with van der Waals surface area (Å²) in [5, 5.41) is 3.64. The molecule has 0 unspecified atom stereocenters. The summed E-state index contributed by atoms with van der Waals surface area (Å²) in [6.07, 6.45) is 4.51. The molecule has 184 valence electrons. The molecule has 0 saturated heterocycles. The molecule has 0 saturated carbocycles. The van der Waals surface area contributed by atoms with E-state index in [1.165, 1.54) is 4.88 Å². The van der Waals surface area contributed by atoms with Crippen LogP contribution in [0.3, 0.4) is 0 Å². The molecule has 0 radical (unpaired) electrons. The van der Waals surface area contributed by atoms with Crippen molar-refractivity contribution < 1.29 is 28.5 Å². The van der Waals surface area contributed by atoms with Crippen molar-refractivity contribution in [3.63, 3.8) is 0 Å². The zero-order valence-corrected chi connectivity index (χ0v) is 21.2. The van der Waals surface area contributed by atoms with Crippen molar-refractivity contribution in [1.82, 2.24) is 0 Å². The molecule has 1 aliphatic carbocycles. The van der Waals surface area contributed by atoms with Crippen LogP contribution in [0.15, 0.2) is 35.3 Å². The van der Waals surface area contributed by atoms with Gasteiger partial charge in [0.15, 0.2) is 11.5 Å². The highest BCUT2D eigenvalue weighted by molar-refractivity contribution is 7.16. The second kappa shape index (κ2) is 10.7. The highest BCUT2D eigenvalue weighted by Gasteiger charge is 2.27. The normalized spacial score (nSPS) is 12.4. The quantitative estimate of drug-likeness (QED) is 0.406. The molecule has 1 N–H and O–H groups in total. The lowest BCUT2D eigenvalue weighted by atomic mass is 10.1. The fourth-order valence-electron chi connectivity index (χ4n) is 4.08. The second-order valence-corrected chi connectivity index (χ2v) is 8.85. The summed E-state index contributed by atoms with van der Waals surface area (Å²) in [6.45, 7) is 0. The minimum Gasteiger partial charge on any atom is -0.497 e. The SMILES string of the molecule is COc1ccc(NC(=O)c2c(/N=C/c3cc(OC)c(OC)cc3OC)sc3c2CCC3)c(OC)c1. The Kier molecular flexibility index (Phi) is 7.45. The van der Waals surface area contributed by atoms with E-state index in [4.69, 9.17) is 28.7 Å². The van der Waals surface area contributed by atoms with E-state index < -0.39 is 0 Å². The molecular formula is C26H28N2O6S. The summed E-state index contributed by atoms with van der Waals surface area (Å²) in [6, 6.07) is 8.82. The molecule has 1 aromatic heterocycles. The highest BCUT2D eigenvalue weighted by atomic mass is 32.1. The van der Waals surface area contributed by atoms with Crippen molar-refractivity contribution in [3.05, 3.63) is 51.9 Å². The molecule has 2 aromatic carbocycles. The summed E-state index contributed by atoms with van der Waals surface area (Å²) in [5.74, 6) is 2.65. The van der Waals surface area contributed by atoms with E-state index >= 15 is 0 Å². The number of fused-ring (bicyclic) bond motifs is 1. The van der Waals surface area contributed by atoms with E-state index in [-0.39, 0.29) is 5.91 Å². The Morgan fingerprint density at radius 3 is 2.29 bits per heavy atom. The van der Waals surface area contributed by atoms with Crippen molar-refractivity contribution >= 4 is 34.1 Å². The number of nitrogens with one attached hydrogen (secondary N) is 1. The molecule has 0 bridgehead atoms. The molecule has 0 atom stereocenters. The summed E-state index contributed by atoms with van der Waals surface area (Å²) in [5.41, 5.74) is 2.93. The first-order valence-electron chi connectivity index (χ1n) is 11.0. The molecule has 3 aromatic rings. The number of hydrogen-bond donors (Lipinski definition) is 1. The number of amides is 1. The van der Waals surface area contributed by atoms with E-state index in [1.807, 2.05) is 0 Å². The van der Waals surface area contributed by atoms with Gasteiger partial charge in [0.05, 0.1) is 46.8 Å². The summed E-state index contributed by atoms with van der Waals surface area (Å²) in [7, 11) is 7.86. The number of anilines is 1. The lowest BCUT2D eigenvalue weighted by molar-refractivity contribution is 0.102. The van der Waals surface area contributed by atoms with Crippen LogP contribution in [0.1, 0.15) is 32.8 Å². The fraction of sp³-hybridized carbons (Fsp3) is 0.308. The smallest absolute Gasteiger partial charge is 0.259 e. The molecular weight excluding hydrogens is 468 g/mol. The third-order valence-electron chi connectivity index (χ3n) is 5.84. The van der Waals surface area contributed by atoms with Gasteiger partial charge < -0.3 is 29.0 Å². The molecule has 4 rings (SSSR count). The Bertz CT molecular complexity index is 1270. The molecule has 0 spiro atoms. The van der Waals surface area contributed by atoms with Crippen LogP contribution in [-0.2, 0) is 12.8 Å². The number of ether oxygens (including phenoxy) is 5. The number of carbonyl (C=O) groups is 1. The predicted octanol–water partition coefficient (Wildman–Crippen LogP) is 5.28. The van der Waals surface area contributed by atoms with E-state index in [1.54, 1.807) is 83.4 Å². The molecule has 9 heteroatoms. The summed E-state index contributed by atoms with van der Waals surface area (Å²) < 4.78 is 27.0. The van der Waals surface area contributed by atoms with Crippen LogP contribution in [0.5, 0.6) is 28.7 Å². The number of aryl methyl sites for hydroxylation is 1. The van der Waals surface area contributed by atoms with E-state index in [2.05, 4.69) is 5.32 Å². The van der Waals surface area contributed by atoms with Crippen LogP contribution in [0.25, 0.3) is 0 Å². The van der Waals surface area contributed by atoms with Gasteiger partial charge in [0.2, 0.25) is 0 Å². The molecule has 8 nitrogen and oxygen atoms in total. The number of rotatable bonds is 9. The van der Waals surface area contributed by atoms with Crippen molar-refractivity contribution in [3.8, 4) is 28.7 Å². The fourth-order valence-corrected chi connectivity index (χ4v) is 5.31. The second-order valence-electron chi connectivity index (χ2n) is 7.77.